The van der Waals surface area contributed by atoms with Crippen LogP contribution in [-0.4, -0.2) is 12.9 Å². The van der Waals surface area contributed by atoms with Crippen molar-refractivity contribution in [3.05, 3.63) is 23.3 Å². The molecule has 0 N–H and O–H groups in total. The number of benzene rings is 1. The van der Waals surface area contributed by atoms with Gasteiger partial charge in [-0.15, -0.1) is 11.8 Å². The normalized spacial score (nSPS) is 10.3. The van der Waals surface area contributed by atoms with Gasteiger partial charge in [-0.3, -0.25) is 0 Å². The highest BCUT2D eigenvalue weighted by atomic mass is 32.2. The molecule has 2 heteroatoms. The van der Waals surface area contributed by atoms with Crippen molar-refractivity contribution < 1.29 is 4.74 Å². The molecule has 0 radical (unpaired) electrons. The van der Waals surface area contributed by atoms with Crippen LogP contribution in [0.1, 0.15) is 24.5 Å². The van der Waals surface area contributed by atoms with Crippen LogP contribution in [0.5, 0.6) is 5.75 Å². The molecular weight excluding hydrogens is 192 g/mol. The van der Waals surface area contributed by atoms with Crippen molar-refractivity contribution in [3.63, 3.8) is 0 Å². The average molecular weight is 210 g/mol. The van der Waals surface area contributed by atoms with Gasteiger partial charge in [-0.2, -0.15) is 0 Å². The van der Waals surface area contributed by atoms with E-state index in [0.717, 1.165) is 18.8 Å². The lowest BCUT2D eigenvalue weighted by atomic mass is 10.1. The summed E-state index contributed by atoms with van der Waals surface area (Å²) in [6.07, 6.45) is 3.16. The second kappa shape index (κ2) is 5.30. The zero-order valence-electron chi connectivity index (χ0n) is 9.39. The topological polar surface area (TPSA) is 9.23 Å². The summed E-state index contributed by atoms with van der Waals surface area (Å²) >= 11 is 1.77. The lowest BCUT2D eigenvalue weighted by Gasteiger charge is -2.12. The van der Waals surface area contributed by atoms with Crippen LogP contribution in [0.3, 0.4) is 0 Å². The molecule has 0 atom stereocenters. The quantitative estimate of drug-likeness (QED) is 0.699. The Bertz CT molecular complexity index is 284. The third-order valence-electron chi connectivity index (χ3n) is 2.12. The highest BCUT2D eigenvalue weighted by Crippen LogP contribution is 2.28. The number of aryl methyl sites for hydroxylation is 2. The van der Waals surface area contributed by atoms with E-state index in [2.05, 4.69) is 39.2 Å². The molecule has 0 amide bonds. The zero-order valence-corrected chi connectivity index (χ0v) is 10.2. The van der Waals surface area contributed by atoms with E-state index in [1.165, 1.54) is 16.0 Å². The molecule has 1 aromatic carbocycles. The van der Waals surface area contributed by atoms with Crippen molar-refractivity contribution in [1.82, 2.24) is 0 Å². The molecule has 1 nitrogen and oxygen atoms in total. The largest absolute Gasteiger partial charge is 0.493 e. The van der Waals surface area contributed by atoms with Gasteiger partial charge in [0.1, 0.15) is 5.75 Å². The maximum atomic E-state index is 5.71. The molecule has 1 rings (SSSR count). The third-order valence-corrected chi connectivity index (χ3v) is 2.83. The second-order valence-electron chi connectivity index (χ2n) is 3.44. The van der Waals surface area contributed by atoms with Crippen molar-refractivity contribution in [1.29, 1.82) is 0 Å². The molecule has 0 bridgehead atoms. The van der Waals surface area contributed by atoms with Crippen molar-refractivity contribution in [2.75, 3.05) is 12.9 Å². The standard InChI is InChI=1S/C12H18OS/c1-5-6-13-12-9(2)7-11(14-4)8-10(12)3/h7-8H,5-6H2,1-4H3. The Hall–Kier alpha value is -0.630. The Morgan fingerprint density at radius 2 is 1.79 bits per heavy atom. The average Bonchev–Trinajstić information content (AvgIpc) is 2.16. The first-order chi connectivity index (χ1) is 6.69. The maximum absolute atomic E-state index is 5.71. The summed E-state index contributed by atoms with van der Waals surface area (Å²) in [5.74, 6) is 1.06. The van der Waals surface area contributed by atoms with Crippen LogP contribution >= 0.6 is 11.8 Å². The molecule has 0 saturated carbocycles. The van der Waals surface area contributed by atoms with Crippen LogP contribution in [0.15, 0.2) is 17.0 Å². The van der Waals surface area contributed by atoms with E-state index in [-0.39, 0.29) is 0 Å². The molecule has 0 aliphatic heterocycles. The lowest BCUT2D eigenvalue weighted by molar-refractivity contribution is 0.313. The Balaban J connectivity index is 2.93. The predicted octanol–water partition coefficient (Wildman–Crippen LogP) is 3.81. The van der Waals surface area contributed by atoms with Crippen LogP contribution < -0.4 is 4.74 Å². The van der Waals surface area contributed by atoms with Gasteiger partial charge in [-0.05, 0) is 49.8 Å². The number of hydrogen-bond acceptors (Lipinski definition) is 2. The van der Waals surface area contributed by atoms with E-state index < -0.39 is 0 Å². The highest BCUT2D eigenvalue weighted by molar-refractivity contribution is 7.98. The first kappa shape index (κ1) is 11.4. The van der Waals surface area contributed by atoms with Crippen molar-refractivity contribution in [2.24, 2.45) is 0 Å². The molecule has 78 valence electrons. The van der Waals surface area contributed by atoms with Crippen molar-refractivity contribution in [3.8, 4) is 5.75 Å². The van der Waals surface area contributed by atoms with E-state index >= 15 is 0 Å². The van der Waals surface area contributed by atoms with Gasteiger partial charge in [0.25, 0.3) is 0 Å². The van der Waals surface area contributed by atoms with Gasteiger partial charge in [0.2, 0.25) is 0 Å². The number of rotatable bonds is 4. The molecule has 0 spiro atoms. The summed E-state index contributed by atoms with van der Waals surface area (Å²) in [5.41, 5.74) is 2.48. The van der Waals surface area contributed by atoms with Gasteiger partial charge in [0, 0.05) is 4.90 Å². The minimum Gasteiger partial charge on any atom is -0.493 e. The molecule has 14 heavy (non-hydrogen) atoms. The molecule has 0 aromatic heterocycles. The summed E-state index contributed by atoms with van der Waals surface area (Å²) < 4.78 is 5.71. The highest BCUT2D eigenvalue weighted by Gasteiger charge is 2.05. The fourth-order valence-electron chi connectivity index (χ4n) is 1.46. The second-order valence-corrected chi connectivity index (χ2v) is 4.32. The Morgan fingerprint density at radius 3 is 2.21 bits per heavy atom. The Morgan fingerprint density at radius 1 is 1.21 bits per heavy atom. The van der Waals surface area contributed by atoms with Crippen LogP contribution in [0.4, 0.5) is 0 Å². The van der Waals surface area contributed by atoms with Gasteiger partial charge in [0.15, 0.2) is 0 Å². The molecular formula is C12H18OS. The van der Waals surface area contributed by atoms with E-state index in [1.54, 1.807) is 11.8 Å². The van der Waals surface area contributed by atoms with Crippen LogP contribution in [0.2, 0.25) is 0 Å². The molecule has 0 aliphatic rings. The van der Waals surface area contributed by atoms with E-state index in [9.17, 15) is 0 Å². The first-order valence-electron chi connectivity index (χ1n) is 4.97. The molecule has 0 aliphatic carbocycles. The molecule has 0 fully saturated rings. The Kier molecular flexibility index (Phi) is 4.33. The number of hydrogen-bond donors (Lipinski definition) is 0. The maximum Gasteiger partial charge on any atom is 0.125 e. The third kappa shape index (κ3) is 2.68. The zero-order chi connectivity index (χ0) is 10.6. The van der Waals surface area contributed by atoms with Crippen molar-refractivity contribution >= 4 is 11.8 Å². The van der Waals surface area contributed by atoms with Gasteiger partial charge in [-0.25, -0.2) is 0 Å². The Labute approximate surface area is 90.9 Å². The fraction of sp³-hybridized carbons (Fsp3) is 0.500. The predicted molar refractivity (Wildman–Crippen MR) is 63.5 cm³/mol. The molecule has 0 heterocycles. The SMILES string of the molecule is CCCOc1c(C)cc(SC)cc1C. The van der Waals surface area contributed by atoms with Crippen LogP contribution in [-0.2, 0) is 0 Å². The summed E-state index contributed by atoms with van der Waals surface area (Å²) in [6, 6.07) is 4.37. The summed E-state index contributed by atoms with van der Waals surface area (Å²) in [4.78, 5) is 1.31. The fourth-order valence-corrected chi connectivity index (χ4v) is 2.05. The molecule has 1 aromatic rings. The van der Waals surface area contributed by atoms with Crippen molar-refractivity contribution in [2.45, 2.75) is 32.1 Å². The first-order valence-corrected chi connectivity index (χ1v) is 6.19. The summed E-state index contributed by atoms with van der Waals surface area (Å²) in [6.45, 7) is 7.15. The minimum absolute atomic E-state index is 0.806. The smallest absolute Gasteiger partial charge is 0.125 e. The van der Waals surface area contributed by atoms with Gasteiger partial charge in [-0.1, -0.05) is 6.92 Å². The summed E-state index contributed by atoms with van der Waals surface area (Å²) in [7, 11) is 0. The van der Waals surface area contributed by atoms with E-state index in [1.807, 2.05) is 0 Å². The van der Waals surface area contributed by atoms with E-state index in [0.29, 0.717) is 0 Å². The lowest BCUT2D eigenvalue weighted by Crippen LogP contribution is -1.99. The van der Waals surface area contributed by atoms with Crippen LogP contribution in [0.25, 0.3) is 0 Å². The minimum atomic E-state index is 0.806. The van der Waals surface area contributed by atoms with Gasteiger partial charge in [0.05, 0.1) is 6.61 Å². The van der Waals surface area contributed by atoms with Gasteiger partial charge >= 0.3 is 0 Å². The molecule has 0 unspecified atom stereocenters. The monoisotopic (exact) mass is 210 g/mol. The number of thioether (sulfide) groups is 1. The molecule has 0 saturated heterocycles. The van der Waals surface area contributed by atoms with Crippen LogP contribution in [0, 0.1) is 13.8 Å². The summed E-state index contributed by atoms with van der Waals surface area (Å²) in [5, 5.41) is 0. The number of ether oxygens (including phenoxy) is 1. The van der Waals surface area contributed by atoms with E-state index in [4.69, 9.17) is 4.74 Å². The van der Waals surface area contributed by atoms with Gasteiger partial charge < -0.3 is 4.74 Å².